The highest BCUT2D eigenvalue weighted by molar-refractivity contribution is 8.14. The second-order valence-corrected chi connectivity index (χ2v) is 7.34. The minimum Gasteiger partial charge on any atom is -0.493 e. The molecule has 2 aliphatic heterocycles. The molecule has 2 fully saturated rings. The number of hydrogen-bond donors (Lipinski definition) is 0. The number of thioether (sulfide) groups is 1. The van der Waals surface area contributed by atoms with Gasteiger partial charge in [-0.25, -0.2) is 0 Å². The maximum Gasteiger partial charge on any atom is 0.283 e. The highest BCUT2D eigenvalue weighted by atomic mass is 32.2. The maximum atomic E-state index is 12.9. The van der Waals surface area contributed by atoms with Crippen molar-refractivity contribution in [1.82, 2.24) is 4.90 Å². The zero-order valence-corrected chi connectivity index (χ0v) is 16.8. The Labute approximate surface area is 164 Å². The standard InChI is InChI=1S/C19H26N2O5S/c1-4-25-15-9-7-6-8-14(15)17(22)20-18-21(10-11-23-3)19(26-5-2)13-24-12-16(19)27-18/h6-9,16H,4-5,10-13H2,1-3H3. The van der Waals surface area contributed by atoms with E-state index in [1.165, 1.54) is 11.8 Å². The SMILES string of the molecule is CCOc1ccccc1C(=O)N=C1SC2COCC2(OCC)N1CCOC. The quantitative estimate of drug-likeness (QED) is 0.671. The zero-order valence-electron chi connectivity index (χ0n) is 16.0. The summed E-state index contributed by atoms with van der Waals surface area (Å²) in [4.78, 5) is 19.3. The van der Waals surface area contributed by atoms with Crippen LogP contribution in [0.3, 0.4) is 0 Å². The van der Waals surface area contributed by atoms with Gasteiger partial charge >= 0.3 is 0 Å². The minimum absolute atomic E-state index is 0.0722. The van der Waals surface area contributed by atoms with E-state index in [-0.39, 0.29) is 11.2 Å². The molecular weight excluding hydrogens is 368 g/mol. The summed E-state index contributed by atoms with van der Waals surface area (Å²) in [5, 5.41) is 0.716. The number of benzene rings is 1. The molecule has 0 aliphatic carbocycles. The molecule has 2 heterocycles. The summed E-state index contributed by atoms with van der Waals surface area (Å²) < 4.78 is 22.6. The van der Waals surface area contributed by atoms with E-state index in [0.717, 1.165) is 0 Å². The van der Waals surface area contributed by atoms with E-state index in [1.54, 1.807) is 19.2 Å². The van der Waals surface area contributed by atoms with Gasteiger partial charge in [0, 0.05) is 20.3 Å². The monoisotopic (exact) mass is 394 g/mol. The first-order valence-corrected chi connectivity index (χ1v) is 10.0. The Kier molecular flexibility index (Phi) is 6.75. The third-order valence-corrected chi connectivity index (χ3v) is 5.86. The molecular formula is C19H26N2O5S. The summed E-state index contributed by atoms with van der Waals surface area (Å²) in [6.07, 6.45) is 0. The third-order valence-electron chi connectivity index (χ3n) is 4.54. The molecule has 0 spiro atoms. The van der Waals surface area contributed by atoms with Crippen molar-refractivity contribution in [2.75, 3.05) is 46.7 Å². The number of hydrogen-bond acceptors (Lipinski definition) is 6. The first kappa shape index (κ1) is 20.1. The van der Waals surface area contributed by atoms with Gasteiger partial charge in [-0.1, -0.05) is 23.9 Å². The number of ether oxygens (including phenoxy) is 4. The second-order valence-electron chi connectivity index (χ2n) is 6.17. The summed E-state index contributed by atoms with van der Waals surface area (Å²) >= 11 is 1.53. The lowest BCUT2D eigenvalue weighted by Gasteiger charge is -2.36. The largest absolute Gasteiger partial charge is 0.493 e. The Morgan fingerprint density at radius 1 is 1.37 bits per heavy atom. The van der Waals surface area contributed by atoms with Crippen molar-refractivity contribution >= 4 is 22.8 Å². The molecule has 1 aromatic carbocycles. The van der Waals surface area contributed by atoms with Crippen LogP contribution >= 0.6 is 11.8 Å². The van der Waals surface area contributed by atoms with Crippen molar-refractivity contribution in [2.24, 2.45) is 4.99 Å². The highest BCUT2D eigenvalue weighted by Gasteiger charge is 2.57. The Morgan fingerprint density at radius 2 is 2.19 bits per heavy atom. The summed E-state index contributed by atoms with van der Waals surface area (Å²) in [6.45, 7) is 6.98. The number of amides is 1. The average Bonchev–Trinajstić information content (AvgIpc) is 3.17. The van der Waals surface area contributed by atoms with Crippen LogP contribution in [0.5, 0.6) is 5.75 Å². The molecule has 1 aromatic rings. The van der Waals surface area contributed by atoms with E-state index < -0.39 is 5.72 Å². The van der Waals surface area contributed by atoms with Crippen molar-refractivity contribution in [3.8, 4) is 5.75 Å². The number of para-hydroxylation sites is 1. The van der Waals surface area contributed by atoms with Crippen molar-refractivity contribution in [3.63, 3.8) is 0 Å². The number of fused-ring (bicyclic) bond motifs is 1. The van der Waals surface area contributed by atoms with Gasteiger partial charge in [0.1, 0.15) is 5.75 Å². The Bertz CT molecular complexity index is 698. The highest BCUT2D eigenvalue weighted by Crippen LogP contribution is 2.45. The zero-order chi connectivity index (χ0) is 19.3. The van der Waals surface area contributed by atoms with Gasteiger partial charge in [-0.15, -0.1) is 0 Å². The van der Waals surface area contributed by atoms with Crippen LogP contribution in [0.15, 0.2) is 29.3 Å². The number of methoxy groups -OCH3 is 1. The van der Waals surface area contributed by atoms with Crippen LogP contribution in [0, 0.1) is 0 Å². The fourth-order valence-corrected chi connectivity index (χ4v) is 4.73. The van der Waals surface area contributed by atoms with Crippen LogP contribution in [0.2, 0.25) is 0 Å². The number of carbonyl (C=O) groups is 1. The Morgan fingerprint density at radius 3 is 2.93 bits per heavy atom. The molecule has 27 heavy (non-hydrogen) atoms. The number of rotatable bonds is 8. The predicted molar refractivity (Wildman–Crippen MR) is 105 cm³/mol. The first-order chi connectivity index (χ1) is 13.2. The van der Waals surface area contributed by atoms with Gasteiger partial charge in [-0.05, 0) is 26.0 Å². The summed E-state index contributed by atoms with van der Waals surface area (Å²) in [5.74, 6) is 0.223. The molecule has 2 saturated heterocycles. The molecule has 3 rings (SSSR count). The lowest BCUT2D eigenvalue weighted by Crippen LogP contribution is -2.54. The summed E-state index contributed by atoms with van der Waals surface area (Å²) in [7, 11) is 1.65. The average molecular weight is 394 g/mol. The fraction of sp³-hybridized carbons (Fsp3) is 0.579. The van der Waals surface area contributed by atoms with E-state index in [0.29, 0.717) is 56.1 Å². The van der Waals surface area contributed by atoms with Gasteiger partial charge in [0.15, 0.2) is 10.9 Å². The van der Waals surface area contributed by atoms with Gasteiger partial charge in [-0.2, -0.15) is 4.99 Å². The van der Waals surface area contributed by atoms with Crippen LogP contribution < -0.4 is 4.74 Å². The van der Waals surface area contributed by atoms with Gasteiger partial charge < -0.3 is 23.8 Å². The fourth-order valence-electron chi connectivity index (χ4n) is 3.35. The van der Waals surface area contributed by atoms with Crippen LogP contribution in [0.25, 0.3) is 0 Å². The molecule has 2 atom stereocenters. The van der Waals surface area contributed by atoms with E-state index in [2.05, 4.69) is 4.99 Å². The van der Waals surface area contributed by atoms with Crippen molar-refractivity contribution in [2.45, 2.75) is 24.8 Å². The smallest absolute Gasteiger partial charge is 0.283 e. The number of nitrogens with zero attached hydrogens (tertiary/aromatic N) is 2. The second kappa shape index (κ2) is 9.05. The number of amidine groups is 1. The van der Waals surface area contributed by atoms with Gasteiger partial charge in [0.2, 0.25) is 0 Å². The lowest BCUT2D eigenvalue weighted by molar-refractivity contribution is -0.119. The topological polar surface area (TPSA) is 69.6 Å². The molecule has 0 N–H and O–H groups in total. The van der Waals surface area contributed by atoms with Crippen LogP contribution in [0.1, 0.15) is 24.2 Å². The van der Waals surface area contributed by atoms with E-state index in [1.807, 2.05) is 30.9 Å². The molecule has 0 bridgehead atoms. The number of carbonyl (C=O) groups excluding carboxylic acids is 1. The normalized spacial score (nSPS) is 25.8. The third kappa shape index (κ3) is 3.99. The van der Waals surface area contributed by atoms with E-state index in [4.69, 9.17) is 18.9 Å². The molecule has 0 saturated carbocycles. The Hall–Kier alpha value is -1.61. The molecule has 7 nitrogen and oxygen atoms in total. The van der Waals surface area contributed by atoms with E-state index >= 15 is 0 Å². The molecule has 0 aromatic heterocycles. The predicted octanol–water partition coefficient (Wildman–Crippen LogP) is 2.41. The van der Waals surface area contributed by atoms with Crippen molar-refractivity contribution < 1.29 is 23.7 Å². The lowest BCUT2D eigenvalue weighted by atomic mass is 10.1. The van der Waals surface area contributed by atoms with Crippen LogP contribution in [-0.4, -0.2) is 73.6 Å². The van der Waals surface area contributed by atoms with Gasteiger partial charge in [-0.3, -0.25) is 4.79 Å². The van der Waals surface area contributed by atoms with Crippen LogP contribution in [-0.2, 0) is 14.2 Å². The number of aliphatic imine (C=N–C) groups is 1. The molecule has 2 unspecified atom stereocenters. The Balaban J connectivity index is 1.91. The van der Waals surface area contributed by atoms with E-state index in [9.17, 15) is 4.79 Å². The van der Waals surface area contributed by atoms with Crippen molar-refractivity contribution in [3.05, 3.63) is 29.8 Å². The molecule has 8 heteroatoms. The molecule has 0 radical (unpaired) electrons. The molecule has 148 valence electrons. The minimum atomic E-state index is -0.601. The summed E-state index contributed by atoms with van der Waals surface area (Å²) in [5.41, 5.74) is -0.144. The summed E-state index contributed by atoms with van der Waals surface area (Å²) in [6, 6.07) is 7.17. The maximum absolute atomic E-state index is 12.9. The molecule has 1 amide bonds. The van der Waals surface area contributed by atoms with Crippen molar-refractivity contribution in [1.29, 1.82) is 0 Å². The van der Waals surface area contributed by atoms with Crippen LogP contribution in [0.4, 0.5) is 0 Å². The first-order valence-electron chi connectivity index (χ1n) is 9.16. The molecule has 2 aliphatic rings. The van der Waals surface area contributed by atoms with Gasteiger partial charge in [0.05, 0.1) is 37.2 Å². The van der Waals surface area contributed by atoms with Gasteiger partial charge in [0.25, 0.3) is 5.91 Å².